The van der Waals surface area contributed by atoms with Crippen LogP contribution in [0.25, 0.3) is 33.5 Å². The van der Waals surface area contributed by atoms with Crippen LogP contribution >= 0.6 is 0 Å². The van der Waals surface area contributed by atoms with Crippen LogP contribution in [0.15, 0.2) is 72.8 Å². The van der Waals surface area contributed by atoms with Crippen LogP contribution in [0.2, 0.25) is 0 Å². The number of benzene rings is 3. The second-order valence-electron chi connectivity index (χ2n) is 11.5. The second kappa shape index (κ2) is 11.0. The number of anilines is 2. The molecule has 9 heteroatoms. The normalized spacial score (nSPS) is 15.4. The third-order valence-corrected chi connectivity index (χ3v) is 8.35. The quantitative estimate of drug-likeness (QED) is 0.211. The fourth-order valence-electron chi connectivity index (χ4n) is 5.81. The molecule has 2 aliphatic rings. The summed E-state index contributed by atoms with van der Waals surface area (Å²) in [6, 6.07) is 24.1. The molecular formula is C34H33N7O2. The maximum Gasteiger partial charge on any atom is 0.255 e. The molecule has 43 heavy (non-hydrogen) atoms. The van der Waals surface area contributed by atoms with Gasteiger partial charge in [0.1, 0.15) is 5.65 Å². The Morgan fingerprint density at radius 1 is 1.05 bits per heavy atom. The molecule has 5 aromatic rings. The first kappa shape index (κ1) is 26.9. The van der Waals surface area contributed by atoms with Crippen molar-refractivity contribution in [3.63, 3.8) is 0 Å². The summed E-state index contributed by atoms with van der Waals surface area (Å²) in [6.07, 6.45) is 2.46. The zero-order valence-corrected chi connectivity index (χ0v) is 24.0. The zero-order valence-electron chi connectivity index (χ0n) is 24.0. The number of fused-ring (bicyclic) bond motifs is 1. The lowest BCUT2D eigenvalue weighted by atomic mass is 10.0. The van der Waals surface area contributed by atoms with Crippen LogP contribution in [0.4, 0.5) is 11.6 Å². The molecule has 2 amide bonds. The van der Waals surface area contributed by atoms with Gasteiger partial charge in [-0.15, -0.1) is 0 Å². The van der Waals surface area contributed by atoms with Crippen molar-refractivity contribution in [2.24, 2.45) is 0 Å². The fourth-order valence-corrected chi connectivity index (χ4v) is 5.81. The van der Waals surface area contributed by atoms with Crippen LogP contribution in [-0.4, -0.2) is 51.3 Å². The van der Waals surface area contributed by atoms with Gasteiger partial charge in [-0.3, -0.25) is 14.5 Å². The number of nitrogen functional groups attached to an aromatic ring is 1. The molecule has 9 nitrogen and oxygen atoms in total. The Bertz CT molecular complexity index is 1840. The van der Waals surface area contributed by atoms with Gasteiger partial charge in [-0.25, -0.2) is 4.98 Å². The van der Waals surface area contributed by atoms with Crippen molar-refractivity contribution >= 4 is 34.5 Å². The molecule has 1 saturated carbocycles. The highest BCUT2D eigenvalue weighted by atomic mass is 16.2. The smallest absolute Gasteiger partial charge is 0.255 e. The zero-order chi connectivity index (χ0) is 29.5. The van der Waals surface area contributed by atoms with Gasteiger partial charge in [-0.2, -0.15) is 4.98 Å². The van der Waals surface area contributed by atoms with E-state index in [1.807, 2.05) is 43.3 Å². The number of hydrogen-bond acceptors (Lipinski definition) is 6. The average molecular weight is 572 g/mol. The number of aromatic amines is 1. The molecule has 0 atom stereocenters. The monoisotopic (exact) mass is 571 g/mol. The molecular weight excluding hydrogens is 538 g/mol. The number of rotatable bonds is 7. The molecule has 2 aromatic heterocycles. The van der Waals surface area contributed by atoms with Crippen LogP contribution in [-0.2, 0) is 11.3 Å². The van der Waals surface area contributed by atoms with E-state index in [1.165, 1.54) is 18.4 Å². The first-order valence-electron chi connectivity index (χ1n) is 14.7. The van der Waals surface area contributed by atoms with E-state index in [1.54, 1.807) is 0 Å². The first-order valence-corrected chi connectivity index (χ1v) is 14.7. The van der Waals surface area contributed by atoms with Gasteiger partial charge in [0.2, 0.25) is 11.9 Å². The molecule has 1 aliphatic carbocycles. The summed E-state index contributed by atoms with van der Waals surface area (Å²) in [5, 5.41) is 6.79. The van der Waals surface area contributed by atoms with E-state index in [-0.39, 0.29) is 17.8 Å². The third kappa shape index (κ3) is 5.59. The van der Waals surface area contributed by atoms with Crippen molar-refractivity contribution in [2.75, 3.05) is 30.7 Å². The molecule has 0 unspecified atom stereocenters. The summed E-state index contributed by atoms with van der Waals surface area (Å²) in [5.74, 6) is 0.739. The van der Waals surface area contributed by atoms with Gasteiger partial charge in [0.05, 0.1) is 12.2 Å². The largest absolute Gasteiger partial charge is 0.368 e. The summed E-state index contributed by atoms with van der Waals surface area (Å²) >= 11 is 0. The summed E-state index contributed by atoms with van der Waals surface area (Å²) in [4.78, 5) is 39.5. The molecule has 3 aromatic carbocycles. The van der Waals surface area contributed by atoms with E-state index in [2.05, 4.69) is 66.9 Å². The van der Waals surface area contributed by atoms with Crippen molar-refractivity contribution in [2.45, 2.75) is 32.2 Å². The second-order valence-corrected chi connectivity index (χ2v) is 11.5. The minimum Gasteiger partial charge on any atom is -0.368 e. The van der Waals surface area contributed by atoms with E-state index >= 15 is 0 Å². The van der Waals surface area contributed by atoms with Crippen LogP contribution < -0.4 is 16.4 Å². The Morgan fingerprint density at radius 2 is 1.84 bits per heavy atom. The van der Waals surface area contributed by atoms with Crippen LogP contribution in [0, 0.1) is 6.92 Å². The van der Waals surface area contributed by atoms with E-state index in [0.717, 1.165) is 52.1 Å². The maximum atomic E-state index is 13.1. The summed E-state index contributed by atoms with van der Waals surface area (Å²) in [5.41, 5.74) is 15.0. The molecule has 216 valence electrons. The molecule has 0 bridgehead atoms. The lowest BCUT2D eigenvalue weighted by molar-refractivity contribution is -0.124. The molecule has 7 rings (SSSR count). The minimum atomic E-state index is -0.147. The van der Waals surface area contributed by atoms with Gasteiger partial charge in [-0.1, -0.05) is 48.5 Å². The molecule has 0 spiro atoms. The van der Waals surface area contributed by atoms with Gasteiger partial charge in [0.15, 0.2) is 0 Å². The fraction of sp³-hybridized carbons (Fsp3) is 0.235. The van der Waals surface area contributed by atoms with Gasteiger partial charge in [-0.05, 0) is 72.2 Å². The van der Waals surface area contributed by atoms with Gasteiger partial charge >= 0.3 is 0 Å². The lowest BCUT2D eigenvalue weighted by Gasteiger charge is -2.26. The van der Waals surface area contributed by atoms with E-state index in [4.69, 9.17) is 5.73 Å². The van der Waals surface area contributed by atoms with Crippen LogP contribution in [0.3, 0.4) is 0 Å². The van der Waals surface area contributed by atoms with Crippen LogP contribution in [0.5, 0.6) is 0 Å². The Labute approximate surface area is 249 Å². The number of piperazine rings is 1. The number of amides is 2. The van der Waals surface area contributed by atoms with E-state index in [0.29, 0.717) is 35.9 Å². The predicted molar refractivity (Wildman–Crippen MR) is 169 cm³/mol. The highest BCUT2D eigenvalue weighted by molar-refractivity contribution is 6.05. The Hall–Kier alpha value is -5.02. The van der Waals surface area contributed by atoms with Gasteiger partial charge < -0.3 is 21.4 Å². The first-order chi connectivity index (χ1) is 20.9. The topological polar surface area (TPSA) is 129 Å². The number of aromatic nitrogens is 3. The van der Waals surface area contributed by atoms with Gasteiger partial charge in [0, 0.05) is 47.5 Å². The van der Waals surface area contributed by atoms with Crippen molar-refractivity contribution in [1.29, 1.82) is 0 Å². The predicted octanol–water partition coefficient (Wildman–Crippen LogP) is 5.24. The van der Waals surface area contributed by atoms with E-state index < -0.39 is 0 Å². The molecule has 1 saturated heterocycles. The SMILES string of the molecule is Cc1c(NC(=O)c2ccc(C3CC3)cc2)cccc1-c1nc(N)nc2[nH]c(-c3ccc(CN4CCNC(=O)C4)cc3)cc12. The standard InChI is InChI=1S/C34H33N7O2/c1-20-26(3-2-4-28(20)38-33(43)25-13-11-23(12-14-25)22-9-10-22)31-27-17-29(37-32(27)40-34(35)39-31)24-7-5-21(6-8-24)18-41-16-15-36-30(42)19-41/h2-8,11-14,17,22H,9-10,15-16,18-19H2,1H3,(H,36,42)(H,38,43)(H3,35,37,39,40). The van der Waals surface area contributed by atoms with Crippen molar-refractivity contribution < 1.29 is 9.59 Å². The highest BCUT2D eigenvalue weighted by Crippen LogP contribution is 2.40. The van der Waals surface area contributed by atoms with Crippen LogP contribution in [0.1, 0.15) is 45.8 Å². The molecule has 1 aliphatic heterocycles. The Kier molecular flexibility index (Phi) is 6.87. The van der Waals surface area contributed by atoms with Crippen molar-refractivity contribution in [3.05, 3.63) is 95.1 Å². The number of nitrogens with zero attached hydrogens (tertiary/aromatic N) is 3. The van der Waals surface area contributed by atoms with Crippen molar-refractivity contribution in [3.8, 4) is 22.5 Å². The Morgan fingerprint density at radius 3 is 2.58 bits per heavy atom. The number of carbonyl (C=O) groups excluding carboxylic acids is 2. The number of nitrogens with two attached hydrogens (primary N) is 1. The minimum absolute atomic E-state index is 0.0683. The third-order valence-electron chi connectivity index (χ3n) is 8.35. The number of carbonyl (C=O) groups is 2. The summed E-state index contributed by atoms with van der Waals surface area (Å²) < 4.78 is 0. The Balaban J connectivity index is 1.15. The summed E-state index contributed by atoms with van der Waals surface area (Å²) in [6.45, 7) is 4.65. The highest BCUT2D eigenvalue weighted by Gasteiger charge is 2.23. The molecule has 2 fully saturated rings. The van der Waals surface area contributed by atoms with Crippen molar-refractivity contribution in [1.82, 2.24) is 25.2 Å². The number of hydrogen-bond donors (Lipinski definition) is 4. The summed E-state index contributed by atoms with van der Waals surface area (Å²) in [7, 11) is 0. The number of H-pyrrole nitrogens is 1. The molecule has 3 heterocycles. The van der Waals surface area contributed by atoms with Gasteiger partial charge in [0.25, 0.3) is 5.91 Å². The molecule has 5 N–H and O–H groups in total. The lowest BCUT2D eigenvalue weighted by Crippen LogP contribution is -2.47. The van der Waals surface area contributed by atoms with E-state index in [9.17, 15) is 9.59 Å². The number of nitrogens with one attached hydrogen (secondary N) is 3. The molecule has 0 radical (unpaired) electrons. The maximum absolute atomic E-state index is 13.1. The average Bonchev–Trinajstić information content (AvgIpc) is 3.77.